The van der Waals surface area contributed by atoms with Crippen molar-refractivity contribution in [3.63, 3.8) is 0 Å². The summed E-state index contributed by atoms with van der Waals surface area (Å²) in [5, 5.41) is 0. The first-order valence-electron chi connectivity index (χ1n) is 1.95. The van der Waals surface area contributed by atoms with Crippen LogP contribution in [0.2, 0.25) is 0 Å². The number of hydrogen-bond acceptors (Lipinski definition) is 1. The van der Waals surface area contributed by atoms with E-state index >= 15 is 0 Å². The molecular weight excluding hydrogens is 137 g/mol. The molecule has 0 radical (unpaired) electrons. The summed E-state index contributed by atoms with van der Waals surface area (Å²) >= 11 is 0.627. The third kappa shape index (κ3) is 3.90. The summed E-state index contributed by atoms with van der Waals surface area (Å²) in [6.07, 6.45) is 2.53. The van der Waals surface area contributed by atoms with Crippen LogP contribution in [-0.2, 0) is 4.74 Å². The van der Waals surface area contributed by atoms with Crippen LogP contribution < -0.4 is 0 Å². The molecule has 0 saturated carbocycles. The molecule has 0 aliphatic heterocycles. The minimum absolute atomic E-state index is 0.627. The van der Waals surface area contributed by atoms with Crippen molar-refractivity contribution in [1.29, 1.82) is 0 Å². The Morgan fingerprint density at radius 3 is 2.67 bits per heavy atom. The van der Waals surface area contributed by atoms with Crippen molar-refractivity contribution in [3.05, 3.63) is 0 Å². The maximum atomic E-state index is 4.67. The molecule has 0 aromatic carbocycles. The maximum absolute atomic E-state index is 4.67. The van der Waals surface area contributed by atoms with Gasteiger partial charge in [0.15, 0.2) is 0 Å². The molecule has 0 aromatic heterocycles. The van der Waals surface area contributed by atoms with Crippen molar-refractivity contribution in [3.8, 4) is 10.9 Å². The van der Waals surface area contributed by atoms with Gasteiger partial charge >= 0.3 is 45.6 Å². The molecule has 0 amide bonds. The van der Waals surface area contributed by atoms with Gasteiger partial charge in [-0.2, -0.15) is 0 Å². The molecule has 0 aliphatic rings. The van der Waals surface area contributed by atoms with Gasteiger partial charge in [0.1, 0.15) is 0 Å². The Kier molecular flexibility index (Phi) is 4.82. The van der Waals surface area contributed by atoms with Crippen LogP contribution >= 0.6 is 0 Å². The van der Waals surface area contributed by atoms with E-state index in [2.05, 4.69) is 15.6 Å². The van der Waals surface area contributed by atoms with Gasteiger partial charge in [-0.05, 0) is 0 Å². The molecule has 0 rings (SSSR count). The standard InChI is InChI=1S/C4H8GeO/c1-2-6-4-3-5/h2H2,1,5H3. The molecule has 0 spiro atoms. The molecule has 0 atom stereocenters. The summed E-state index contributed by atoms with van der Waals surface area (Å²) in [5.41, 5.74) is 0. The molecule has 34 valence electrons. The molecule has 0 aromatic rings. The van der Waals surface area contributed by atoms with Gasteiger partial charge in [0.05, 0.1) is 0 Å². The summed E-state index contributed by atoms with van der Waals surface area (Å²) in [7, 11) is 0. The predicted molar refractivity (Wildman–Crippen MR) is 29.3 cm³/mol. The Hall–Kier alpha value is -0.0971. The van der Waals surface area contributed by atoms with Gasteiger partial charge in [0.2, 0.25) is 0 Å². The van der Waals surface area contributed by atoms with Gasteiger partial charge in [0, 0.05) is 0 Å². The summed E-state index contributed by atoms with van der Waals surface area (Å²) in [6, 6.07) is 0. The van der Waals surface area contributed by atoms with Crippen LogP contribution in [-0.4, -0.2) is 23.1 Å². The molecular formula is C4H8GeO. The summed E-state index contributed by atoms with van der Waals surface area (Å²) in [6.45, 7) is 2.64. The van der Waals surface area contributed by atoms with Crippen molar-refractivity contribution >= 4 is 16.5 Å². The normalized spacial score (nSPS) is 6.17. The molecule has 0 N–H and O–H groups in total. The van der Waals surface area contributed by atoms with Crippen molar-refractivity contribution in [2.45, 2.75) is 6.92 Å². The predicted octanol–water partition coefficient (Wildman–Crippen LogP) is -0.693. The van der Waals surface area contributed by atoms with E-state index in [0.717, 1.165) is 0 Å². The summed E-state index contributed by atoms with van der Waals surface area (Å²) in [4.78, 5) is 0. The van der Waals surface area contributed by atoms with Gasteiger partial charge in [-0.15, -0.1) is 0 Å². The fraction of sp³-hybridized carbons (Fsp3) is 0.500. The molecule has 2 heteroatoms. The third-order valence-electron chi connectivity index (χ3n) is 0.319. The van der Waals surface area contributed by atoms with E-state index in [9.17, 15) is 0 Å². The Morgan fingerprint density at radius 1 is 1.83 bits per heavy atom. The average molecular weight is 145 g/mol. The Labute approximate surface area is 46.3 Å². The zero-order chi connectivity index (χ0) is 4.83. The van der Waals surface area contributed by atoms with Crippen LogP contribution in [0.25, 0.3) is 0 Å². The average Bonchev–Trinajstić information content (AvgIpc) is 1.61. The van der Waals surface area contributed by atoms with Gasteiger partial charge < -0.3 is 0 Å². The SMILES string of the molecule is CCOC#[C][GeH3]. The Bertz CT molecular complexity index is 69.4. The van der Waals surface area contributed by atoms with Crippen LogP contribution in [0.4, 0.5) is 0 Å². The second-order valence-corrected chi connectivity index (χ2v) is 1.83. The Morgan fingerprint density at radius 2 is 2.50 bits per heavy atom. The quantitative estimate of drug-likeness (QED) is 0.350. The van der Waals surface area contributed by atoms with Crippen molar-refractivity contribution in [1.82, 2.24) is 0 Å². The van der Waals surface area contributed by atoms with Crippen LogP contribution in [0.3, 0.4) is 0 Å². The van der Waals surface area contributed by atoms with E-state index in [-0.39, 0.29) is 0 Å². The van der Waals surface area contributed by atoms with Gasteiger partial charge in [0.25, 0.3) is 0 Å². The second kappa shape index (κ2) is 4.90. The van der Waals surface area contributed by atoms with E-state index in [4.69, 9.17) is 0 Å². The molecule has 1 nitrogen and oxygen atoms in total. The van der Waals surface area contributed by atoms with Crippen LogP contribution in [0.1, 0.15) is 6.92 Å². The first kappa shape index (κ1) is 5.90. The molecule has 6 heavy (non-hydrogen) atoms. The van der Waals surface area contributed by atoms with Crippen LogP contribution in [0.5, 0.6) is 0 Å². The summed E-state index contributed by atoms with van der Waals surface area (Å²) < 4.78 is 7.45. The number of rotatable bonds is 1. The molecule has 0 fully saturated rings. The summed E-state index contributed by atoms with van der Waals surface area (Å²) in [5.74, 6) is 0. The first-order chi connectivity index (χ1) is 2.91. The van der Waals surface area contributed by atoms with Crippen LogP contribution in [0, 0.1) is 10.9 Å². The zero-order valence-corrected chi connectivity index (χ0v) is 8.31. The third-order valence-corrected chi connectivity index (χ3v) is 0.747. The van der Waals surface area contributed by atoms with E-state index in [1.54, 1.807) is 0 Å². The minimum atomic E-state index is 0.627. The van der Waals surface area contributed by atoms with E-state index in [1.807, 2.05) is 6.92 Å². The topological polar surface area (TPSA) is 9.23 Å². The number of ether oxygens (including phenoxy) is 1. The Balaban J connectivity index is 2.79. The van der Waals surface area contributed by atoms with Gasteiger partial charge in [-0.25, -0.2) is 0 Å². The molecule has 0 unspecified atom stereocenters. The van der Waals surface area contributed by atoms with E-state index in [0.29, 0.717) is 23.1 Å². The van der Waals surface area contributed by atoms with Gasteiger partial charge in [-0.1, -0.05) is 0 Å². The monoisotopic (exact) mass is 146 g/mol. The van der Waals surface area contributed by atoms with Crippen molar-refractivity contribution < 1.29 is 4.74 Å². The van der Waals surface area contributed by atoms with Crippen molar-refractivity contribution in [2.75, 3.05) is 6.61 Å². The first-order valence-corrected chi connectivity index (χ1v) is 4.05. The second-order valence-electron chi connectivity index (χ2n) is 0.785. The number of hydrogen-bond donors (Lipinski definition) is 0. The molecule has 0 heterocycles. The molecule has 0 saturated heterocycles. The van der Waals surface area contributed by atoms with E-state index < -0.39 is 0 Å². The fourth-order valence-electron chi connectivity index (χ4n) is 0.144. The van der Waals surface area contributed by atoms with Crippen LogP contribution in [0.15, 0.2) is 0 Å². The molecule has 0 bridgehead atoms. The van der Waals surface area contributed by atoms with E-state index in [1.165, 1.54) is 0 Å². The zero-order valence-electron chi connectivity index (χ0n) is 4.12. The van der Waals surface area contributed by atoms with Gasteiger partial charge in [-0.3, -0.25) is 0 Å². The van der Waals surface area contributed by atoms with Crippen molar-refractivity contribution in [2.24, 2.45) is 0 Å². The fourth-order valence-corrected chi connectivity index (χ4v) is 0.447. The molecule has 0 aliphatic carbocycles.